The molecule has 4 rings (SSSR count). The van der Waals surface area contributed by atoms with Gasteiger partial charge in [-0.25, -0.2) is 0 Å². The summed E-state index contributed by atoms with van der Waals surface area (Å²) in [5.41, 5.74) is 5.41. The van der Waals surface area contributed by atoms with Crippen LogP contribution < -0.4 is 5.73 Å². The van der Waals surface area contributed by atoms with Gasteiger partial charge in [0.25, 0.3) is 0 Å². The van der Waals surface area contributed by atoms with Gasteiger partial charge in [0.05, 0.1) is 6.10 Å². The van der Waals surface area contributed by atoms with Gasteiger partial charge >= 0.3 is 0 Å². The molecule has 4 aliphatic carbocycles. The van der Waals surface area contributed by atoms with Crippen molar-refractivity contribution in [3.05, 3.63) is 0 Å². The predicted molar refractivity (Wildman–Crippen MR) is 94.6 cm³/mol. The van der Waals surface area contributed by atoms with Gasteiger partial charge in [0.2, 0.25) is 0 Å². The van der Waals surface area contributed by atoms with E-state index in [0.29, 0.717) is 5.41 Å². The molecule has 0 bridgehead atoms. The molecule has 0 aromatic rings. The minimum absolute atomic E-state index is 0. The molecule has 4 aliphatic rings. The van der Waals surface area contributed by atoms with Gasteiger partial charge in [0.15, 0.2) is 0 Å². The maximum atomic E-state index is 10.5. The molecule has 0 radical (unpaired) electrons. The molecular weight excluding hydrogens is 270 g/mol. The van der Waals surface area contributed by atoms with Crippen LogP contribution >= 0.6 is 0 Å². The zero-order valence-corrected chi connectivity index (χ0v) is 15.0. The van der Waals surface area contributed by atoms with Crippen LogP contribution in [0.4, 0.5) is 0 Å². The van der Waals surface area contributed by atoms with Crippen LogP contribution in [0.3, 0.4) is 0 Å². The molecule has 4 fully saturated rings. The lowest BCUT2D eigenvalue weighted by molar-refractivity contribution is -0.120. The summed E-state index contributed by atoms with van der Waals surface area (Å²) in [4.78, 5) is 0. The second-order valence-electron chi connectivity index (χ2n) is 9.04. The molecule has 22 heavy (non-hydrogen) atoms. The van der Waals surface area contributed by atoms with Crippen LogP contribution in [0.15, 0.2) is 0 Å². The maximum absolute atomic E-state index is 10.5. The van der Waals surface area contributed by atoms with Crippen LogP contribution in [0.5, 0.6) is 0 Å². The third-order valence-corrected chi connectivity index (χ3v) is 8.53. The van der Waals surface area contributed by atoms with Crippen molar-refractivity contribution in [1.82, 2.24) is 0 Å². The predicted octanol–water partition coefficient (Wildman–Crippen LogP) is 4.60. The van der Waals surface area contributed by atoms with E-state index in [1.165, 1.54) is 64.8 Å². The van der Waals surface area contributed by atoms with Gasteiger partial charge in [-0.1, -0.05) is 26.7 Å². The molecule has 0 aromatic heterocycles. The summed E-state index contributed by atoms with van der Waals surface area (Å²) in [6.45, 7) is 5.04. The molecule has 0 amide bonds. The Kier molecular flexibility index (Phi) is 4.64. The first-order valence-corrected chi connectivity index (χ1v) is 9.81. The van der Waals surface area contributed by atoms with Crippen molar-refractivity contribution in [2.75, 3.05) is 7.05 Å². The maximum Gasteiger partial charge on any atom is 0.0596 e. The number of fused-ring (bicyclic) bond motifs is 5. The highest BCUT2D eigenvalue weighted by atomic mass is 16.3. The zero-order chi connectivity index (χ0) is 16.0. The van der Waals surface area contributed by atoms with Crippen molar-refractivity contribution in [3.8, 4) is 0 Å². The molecule has 3 N–H and O–H groups in total. The summed E-state index contributed by atoms with van der Waals surface area (Å²) in [5, 5.41) is 10.5. The minimum Gasteiger partial charge on any atom is -0.393 e. The van der Waals surface area contributed by atoms with Gasteiger partial charge in [0, 0.05) is 1.43 Å². The van der Waals surface area contributed by atoms with E-state index >= 15 is 0 Å². The van der Waals surface area contributed by atoms with Gasteiger partial charge in [-0.15, -0.1) is 0 Å². The molecular formula is C20H39NO. The highest BCUT2D eigenvalue weighted by Crippen LogP contribution is 2.66. The smallest absolute Gasteiger partial charge is 0.0596 e. The number of aliphatic hydroxyl groups is 1. The molecule has 130 valence electrons. The highest BCUT2D eigenvalue weighted by molar-refractivity contribution is 5.08. The average molecular weight is 310 g/mol. The van der Waals surface area contributed by atoms with Gasteiger partial charge in [-0.2, -0.15) is 0 Å². The average Bonchev–Trinajstić information content (AvgIpc) is 2.84. The molecule has 0 aromatic carbocycles. The van der Waals surface area contributed by atoms with Gasteiger partial charge in [-0.05, 0) is 92.9 Å². The Hall–Kier alpha value is -0.0800. The molecule has 0 spiro atoms. The minimum atomic E-state index is -0.00895. The lowest BCUT2D eigenvalue weighted by atomic mass is 9.45. The fourth-order valence-electron chi connectivity index (χ4n) is 7.27. The number of hydrogen-bond donors (Lipinski definition) is 2. The van der Waals surface area contributed by atoms with Crippen LogP contribution in [0.25, 0.3) is 0 Å². The van der Waals surface area contributed by atoms with E-state index in [4.69, 9.17) is 0 Å². The Bertz CT molecular complexity index is 403. The lowest BCUT2D eigenvalue weighted by Gasteiger charge is -2.60. The van der Waals surface area contributed by atoms with Crippen LogP contribution in [0.1, 0.15) is 79.5 Å². The van der Waals surface area contributed by atoms with Gasteiger partial charge in [-0.3, -0.25) is 0 Å². The summed E-state index contributed by atoms with van der Waals surface area (Å²) in [5.74, 6) is 3.76. The Labute approximate surface area is 138 Å². The van der Waals surface area contributed by atoms with E-state index in [1.807, 2.05) is 0 Å². The SMILES string of the molecule is CC12CCC3C(CCC4CCCCC43C)C1CCC2O.CN.[HH]. The molecule has 7 unspecified atom stereocenters. The van der Waals surface area contributed by atoms with Crippen molar-refractivity contribution in [3.63, 3.8) is 0 Å². The van der Waals surface area contributed by atoms with Crippen LogP contribution in [-0.4, -0.2) is 18.3 Å². The second kappa shape index (κ2) is 6.09. The number of nitrogens with two attached hydrogens (primary N) is 1. The number of rotatable bonds is 0. The molecule has 2 heteroatoms. The normalized spacial score (nSPS) is 53.6. The van der Waals surface area contributed by atoms with E-state index in [9.17, 15) is 5.11 Å². The van der Waals surface area contributed by atoms with E-state index in [0.717, 1.165) is 30.1 Å². The fraction of sp³-hybridized carbons (Fsp3) is 1.00. The number of hydrogen-bond acceptors (Lipinski definition) is 2. The van der Waals surface area contributed by atoms with Gasteiger partial charge < -0.3 is 10.8 Å². The standard InChI is InChI=1S/C19H32O.CH5N.H2/c1-18-11-4-3-5-13(18)6-7-14-15-8-9-17(20)19(15,2)12-10-16(14)18;1-2;/h13-17,20H,3-12H2,1-2H3;2H2,1H3;1H. The third kappa shape index (κ3) is 2.28. The topological polar surface area (TPSA) is 46.2 Å². The summed E-state index contributed by atoms with van der Waals surface area (Å²) in [6, 6.07) is 0. The monoisotopic (exact) mass is 309 g/mol. The Balaban J connectivity index is 0.000000617. The van der Waals surface area contributed by atoms with Crippen molar-refractivity contribution in [2.24, 2.45) is 40.2 Å². The Morgan fingerprint density at radius 2 is 1.55 bits per heavy atom. The lowest BCUT2D eigenvalue weighted by Crippen LogP contribution is -2.53. The first-order valence-electron chi connectivity index (χ1n) is 9.81. The van der Waals surface area contributed by atoms with Crippen molar-refractivity contribution in [1.29, 1.82) is 0 Å². The summed E-state index contributed by atoms with van der Waals surface area (Å²) >= 11 is 0. The van der Waals surface area contributed by atoms with Crippen LogP contribution in [0.2, 0.25) is 0 Å². The van der Waals surface area contributed by atoms with Crippen molar-refractivity contribution >= 4 is 0 Å². The van der Waals surface area contributed by atoms with Gasteiger partial charge in [0.1, 0.15) is 0 Å². The molecule has 0 aliphatic heterocycles. The first kappa shape index (κ1) is 16.8. The summed E-state index contributed by atoms with van der Waals surface area (Å²) < 4.78 is 0. The fourth-order valence-corrected chi connectivity index (χ4v) is 7.27. The van der Waals surface area contributed by atoms with E-state index in [1.54, 1.807) is 0 Å². The number of aliphatic hydroxyl groups excluding tert-OH is 1. The van der Waals surface area contributed by atoms with Crippen molar-refractivity contribution < 1.29 is 6.53 Å². The molecule has 0 saturated heterocycles. The Morgan fingerprint density at radius 1 is 0.818 bits per heavy atom. The summed E-state index contributed by atoms with van der Waals surface area (Å²) in [6.07, 6.45) is 14.0. The van der Waals surface area contributed by atoms with Crippen LogP contribution in [0, 0.1) is 34.5 Å². The molecule has 4 saturated carbocycles. The molecule has 0 heterocycles. The largest absolute Gasteiger partial charge is 0.393 e. The van der Waals surface area contributed by atoms with E-state index in [-0.39, 0.29) is 12.9 Å². The third-order valence-electron chi connectivity index (χ3n) is 8.53. The second-order valence-corrected chi connectivity index (χ2v) is 9.04. The summed E-state index contributed by atoms with van der Waals surface area (Å²) in [7, 11) is 1.50. The Morgan fingerprint density at radius 3 is 2.32 bits per heavy atom. The quantitative estimate of drug-likeness (QED) is 0.687. The first-order chi connectivity index (χ1) is 10.6. The molecule has 2 nitrogen and oxygen atoms in total. The zero-order valence-electron chi connectivity index (χ0n) is 15.0. The van der Waals surface area contributed by atoms with E-state index in [2.05, 4.69) is 19.6 Å². The van der Waals surface area contributed by atoms with Crippen LogP contribution in [-0.2, 0) is 0 Å². The molecule has 7 atom stereocenters. The van der Waals surface area contributed by atoms with Crippen molar-refractivity contribution in [2.45, 2.75) is 84.2 Å². The van der Waals surface area contributed by atoms with E-state index < -0.39 is 0 Å². The highest BCUT2D eigenvalue weighted by Gasteiger charge is 2.59.